The van der Waals surface area contributed by atoms with Crippen LogP contribution in [0, 0.1) is 6.92 Å². The summed E-state index contributed by atoms with van der Waals surface area (Å²) >= 11 is 0. The topological polar surface area (TPSA) is 53.1 Å². The van der Waals surface area contributed by atoms with Crippen molar-refractivity contribution in [3.05, 3.63) is 41.6 Å². The standard InChI is InChI=1S/C13H17N3O/c1-10-12(8-9-17-2)15-16(13(10)14)11-6-4-3-5-7-11/h3-7H,8-9,14H2,1-2H3. The van der Waals surface area contributed by atoms with Crippen molar-refractivity contribution in [3.8, 4) is 5.69 Å². The highest BCUT2D eigenvalue weighted by Gasteiger charge is 2.12. The number of para-hydroxylation sites is 1. The van der Waals surface area contributed by atoms with Gasteiger partial charge in [0.2, 0.25) is 0 Å². The number of rotatable bonds is 4. The molecule has 0 spiro atoms. The number of nitrogen functional groups attached to an aromatic ring is 1. The molecule has 1 heterocycles. The Morgan fingerprint density at radius 3 is 2.65 bits per heavy atom. The molecule has 2 aromatic rings. The summed E-state index contributed by atoms with van der Waals surface area (Å²) in [7, 11) is 1.69. The normalized spacial score (nSPS) is 10.7. The van der Waals surface area contributed by atoms with Crippen LogP contribution in [-0.2, 0) is 11.2 Å². The second-order valence-corrected chi connectivity index (χ2v) is 3.95. The van der Waals surface area contributed by atoms with Crippen LogP contribution in [0.4, 0.5) is 5.82 Å². The molecule has 2 N–H and O–H groups in total. The van der Waals surface area contributed by atoms with Crippen molar-refractivity contribution in [1.29, 1.82) is 0 Å². The predicted molar refractivity (Wildman–Crippen MR) is 68.3 cm³/mol. The third-order valence-corrected chi connectivity index (χ3v) is 2.81. The van der Waals surface area contributed by atoms with Crippen LogP contribution in [0.5, 0.6) is 0 Å². The summed E-state index contributed by atoms with van der Waals surface area (Å²) < 4.78 is 6.84. The highest BCUT2D eigenvalue weighted by atomic mass is 16.5. The van der Waals surface area contributed by atoms with Crippen molar-refractivity contribution in [3.63, 3.8) is 0 Å². The molecule has 0 atom stereocenters. The summed E-state index contributed by atoms with van der Waals surface area (Å²) in [5.74, 6) is 0.697. The van der Waals surface area contributed by atoms with Gasteiger partial charge in [0.25, 0.3) is 0 Å². The SMILES string of the molecule is COCCc1nn(-c2ccccc2)c(N)c1C. The highest BCUT2D eigenvalue weighted by molar-refractivity contribution is 5.49. The van der Waals surface area contributed by atoms with E-state index in [9.17, 15) is 0 Å². The molecule has 0 aliphatic heterocycles. The summed E-state index contributed by atoms with van der Waals surface area (Å²) in [4.78, 5) is 0. The fourth-order valence-corrected chi connectivity index (χ4v) is 1.76. The highest BCUT2D eigenvalue weighted by Crippen LogP contribution is 2.20. The monoisotopic (exact) mass is 231 g/mol. The summed E-state index contributed by atoms with van der Waals surface area (Å²) in [5.41, 5.74) is 9.08. The van der Waals surface area contributed by atoms with Crippen LogP contribution in [0.25, 0.3) is 5.69 Å². The second kappa shape index (κ2) is 5.01. The zero-order valence-electron chi connectivity index (χ0n) is 10.2. The van der Waals surface area contributed by atoms with E-state index in [4.69, 9.17) is 10.5 Å². The number of hydrogen-bond donors (Lipinski definition) is 1. The molecule has 1 aromatic heterocycles. The molecule has 0 fully saturated rings. The van der Waals surface area contributed by atoms with Crippen molar-refractivity contribution in [1.82, 2.24) is 9.78 Å². The molecule has 0 bridgehead atoms. The Kier molecular flexibility index (Phi) is 3.44. The number of ether oxygens (including phenoxy) is 1. The van der Waals surface area contributed by atoms with Gasteiger partial charge < -0.3 is 10.5 Å². The van der Waals surface area contributed by atoms with Gasteiger partial charge in [0.1, 0.15) is 5.82 Å². The van der Waals surface area contributed by atoms with Crippen molar-refractivity contribution >= 4 is 5.82 Å². The van der Waals surface area contributed by atoms with E-state index in [1.165, 1.54) is 0 Å². The smallest absolute Gasteiger partial charge is 0.130 e. The minimum absolute atomic E-state index is 0.659. The molecule has 0 unspecified atom stereocenters. The molecule has 4 heteroatoms. The summed E-state index contributed by atoms with van der Waals surface area (Å²) in [6, 6.07) is 9.90. The van der Waals surface area contributed by atoms with E-state index in [2.05, 4.69) is 5.10 Å². The Hall–Kier alpha value is -1.81. The Morgan fingerprint density at radius 1 is 1.29 bits per heavy atom. The minimum Gasteiger partial charge on any atom is -0.384 e. The lowest BCUT2D eigenvalue weighted by Gasteiger charge is -2.02. The first-order chi connectivity index (χ1) is 8.24. The average molecular weight is 231 g/mol. The van der Waals surface area contributed by atoms with E-state index in [0.717, 1.165) is 23.4 Å². The Morgan fingerprint density at radius 2 is 2.00 bits per heavy atom. The lowest BCUT2D eigenvalue weighted by Crippen LogP contribution is -2.02. The van der Waals surface area contributed by atoms with Gasteiger partial charge in [0.15, 0.2) is 0 Å². The number of methoxy groups -OCH3 is 1. The van der Waals surface area contributed by atoms with E-state index in [1.54, 1.807) is 11.8 Å². The van der Waals surface area contributed by atoms with Crippen LogP contribution in [-0.4, -0.2) is 23.5 Å². The summed E-state index contributed by atoms with van der Waals surface area (Å²) in [5, 5.41) is 4.53. The molecule has 0 radical (unpaired) electrons. The van der Waals surface area contributed by atoms with Gasteiger partial charge in [-0.2, -0.15) is 5.10 Å². The van der Waals surface area contributed by atoms with Gasteiger partial charge in [-0.15, -0.1) is 0 Å². The van der Waals surface area contributed by atoms with Gasteiger partial charge in [0, 0.05) is 19.1 Å². The van der Waals surface area contributed by atoms with E-state index in [0.29, 0.717) is 12.4 Å². The number of benzene rings is 1. The average Bonchev–Trinajstić information content (AvgIpc) is 2.65. The number of anilines is 1. The summed E-state index contributed by atoms with van der Waals surface area (Å²) in [6.45, 7) is 2.65. The molecular formula is C13H17N3O. The first-order valence-corrected chi connectivity index (χ1v) is 5.62. The van der Waals surface area contributed by atoms with Gasteiger partial charge in [-0.05, 0) is 19.1 Å². The van der Waals surface area contributed by atoms with Gasteiger partial charge in [-0.25, -0.2) is 4.68 Å². The second-order valence-electron chi connectivity index (χ2n) is 3.95. The molecule has 0 saturated heterocycles. The maximum Gasteiger partial charge on any atom is 0.130 e. The molecule has 0 amide bonds. The minimum atomic E-state index is 0.659. The molecule has 0 aliphatic rings. The number of hydrogen-bond acceptors (Lipinski definition) is 3. The van der Waals surface area contributed by atoms with Gasteiger partial charge >= 0.3 is 0 Å². The molecule has 1 aromatic carbocycles. The molecule has 90 valence electrons. The van der Waals surface area contributed by atoms with E-state index in [-0.39, 0.29) is 0 Å². The Balaban J connectivity index is 2.36. The quantitative estimate of drug-likeness (QED) is 0.875. The predicted octanol–water partition coefficient (Wildman–Crippen LogP) is 1.95. The largest absolute Gasteiger partial charge is 0.384 e. The Bertz CT molecular complexity index is 491. The Labute approximate surface area is 101 Å². The lowest BCUT2D eigenvalue weighted by atomic mass is 10.2. The zero-order chi connectivity index (χ0) is 12.3. The maximum absolute atomic E-state index is 6.07. The third-order valence-electron chi connectivity index (χ3n) is 2.81. The fraction of sp³-hybridized carbons (Fsp3) is 0.308. The van der Waals surface area contributed by atoms with Crippen LogP contribution in [0.3, 0.4) is 0 Å². The maximum atomic E-state index is 6.07. The van der Waals surface area contributed by atoms with E-state index < -0.39 is 0 Å². The molecule has 0 aliphatic carbocycles. The van der Waals surface area contributed by atoms with Crippen LogP contribution in [0.2, 0.25) is 0 Å². The number of aromatic nitrogens is 2. The molecule has 17 heavy (non-hydrogen) atoms. The van der Waals surface area contributed by atoms with Crippen molar-refractivity contribution in [2.45, 2.75) is 13.3 Å². The van der Waals surface area contributed by atoms with Crippen molar-refractivity contribution in [2.24, 2.45) is 0 Å². The molecule has 0 saturated carbocycles. The molecular weight excluding hydrogens is 214 g/mol. The van der Waals surface area contributed by atoms with Crippen LogP contribution >= 0.6 is 0 Å². The van der Waals surface area contributed by atoms with Crippen molar-refractivity contribution in [2.75, 3.05) is 19.5 Å². The lowest BCUT2D eigenvalue weighted by molar-refractivity contribution is 0.201. The molecule has 4 nitrogen and oxygen atoms in total. The van der Waals surface area contributed by atoms with Crippen LogP contribution in [0.1, 0.15) is 11.3 Å². The zero-order valence-corrected chi connectivity index (χ0v) is 10.2. The third kappa shape index (κ3) is 2.31. The van der Waals surface area contributed by atoms with E-state index in [1.807, 2.05) is 37.3 Å². The number of nitrogens with two attached hydrogens (primary N) is 1. The first kappa shape index (κ1) is 11.7. The molecule has 2 rings (SSSR count). The van der Waals surface area contributed by atoms with Crippen LogP contribution < -0.4 is 5.73 Å². The van der Waals surface area contributed by atoms with Gasteiger partial charge in [0.05, 0.1) is 18.0 Å². The van der Waals surface area contributed by atoms with Crippen molar-refractivity contribution < 1.29 is 4.74 Å². The first-order valence-electron chi connectivity index (χ1n) is 5.62. The van der Waals surface area contributed by atoms with Gasteiger partial charge in [-0.1, -0.05) is 18.2 Å². The van der Waals surface area contributed by atoms with Gasteiger partial charge in [-0.3, -0.25) is 0 Å². The fourth-order valence-electron chi connectivity index (χ4n) is 1.76. The summed E-state index contributed by atoms with van der Waals surface area (Å²) in [6.07, 6.45) is 0.784. The van der Waals surface area contributed by atoms with Crippen LogP contribution in [0.15, 0.2) is 30.3 Å². The van der Waals surface area contributed by atoms with E-state index >= 15 is 0 Å². The number of nitrogens with zero attached hydrogens (tertiary/aromatic N) is 2.